The summed E-state index contributed by atoms with van der Waals surface area (Å²) in [6.07, 6.45) is 5.52. The summed E-state index contributed by atoms with van der Waals surface area (Å²) in [6.45, 7) is 1.09. The van der Waals surface area contributed by atoms with Crippen LogP contribution in [0.3, 0.4) is 0 Å². The van der Waals surface area contributed by atoms with E-state index in [1.54, 1.807) is 6.07 Å². The molecule has 0 aromatic carbocycles. The van der Waals surface area contributed by atoms with Gasteiger partial charge in [0.2, 0.25) is 5.56 Å². The van der Waals surface area contributed by atoms with Crippen molar-refractivity contribution in [1.29, 1.82) is 0 Å². The van der Waals surface area contributed by atoms with Crippen molar-refractivity contribution < 1.29 is 0 Å². The Bertz CT molecular complexity index is 305. The van der Waals surface area contributed by atoms with Crippen LogP contribution in [0.25, 0.3) is 0 Å². The Balaban J connectivity index is 2.14. The molecule has 0 spiro atoms. The fourth-order valence-corrected chi connectivity index (χ4v) is 1.78. The van der Waals surface area contributed by atoms with E-state index >= 15 is 0 Å². The number of hydrogen-bond acceptors (Lipinski definition) is 2. The van der Waals surface area contributed by atoms with Gasteiger partial charge in [-0.2, -0.15) is 0 Å². The van der Waals surface area contributed by atoms with Gasteiger partial charge in [-0.15, -0.1) is 0 Å². The van der Waals surface area contributed by atoms with Crippen LogP contribution >= 0.6 is 0 Å². The molecule has 1 aliphatic rings. The maximum atomic E-state index is 10.8. The zero-order chi connectivity index (χ0) is 9.10. The average Bonchev–Trinajstić information content (AvgIpc) is 2.20. The highest BCUT2D eigenvalue weighted by Crippen LogP contribution is 2.20. The quantitative estimate of drug-likeness (QED) is 0.678. The van der Waals surface area contributed by atoms with Gasteiger partial charge in [-0.25, -0.2) is 0 Å². The highest BCUT2D eigenvalue weighted by Gasteiger charge is 2.13. The molecule has 2 N–H and O–H groups in total. The minimum Gasteiger partial charge on any atom is -0.329 e. The van der Waals surface area contributed by atoms with Crippen LogP contribution in [0.1, 0.15) is 30.9 Å². The van der Waals surface area contributed by atoms with Gasteiger partial charge >= 0.3 is 0 Å². The highest BCUT2D eigenvalue weighted by atomic mass is 16.1. The molecule has 3 nitrogen and oxygen atoms in total. The molecular formula is C10H14N2O. The molecule has 0 amide bonds. The standard InChI is InChI=1S/C10H14N2O/c13-10-5-4-8(7-12-10)9-3-1-2-6-11-9/h4-5,7,9,11H,1-3,6H2,(H,12,13)/t9-/m0/s1. The van der Waals surface area contributed by atoms with Crippen molar-refractivity contribution in [2.24, 2.45) is 0 Å². The third kappa shape index (κ3) is 1.98. The molecule has 70 valence electrons. The van der Waals surface area contributed by atoms with Crippen molar-refractivity contribution in [3.8, 4) is 0 Å². The van der Waals surface area contributed by atoms with Crippen LogP contribution in [-0.4, -0.2) is 11.5 Å². The van der Waals surface area contributed by atoms with E-state index in [4.69, 9.17) is 0 Å². The summed E-state index contributed by atoms with van der Waals surface area (Å²) in [5.74, 6) is 0. The molecule has 1 fully saturated rings. The van der Waals surface area contributed by atoms with Gasteiger partial charge in [-0.3, -0.25) is 4.79 Å². The lowest BCUT2D eigenvalue weighted by atomic mass is 9.99. The van der Waals surface area contributed by atoms with Crippen molar-refractivity contribution >= 4 is 0 Å². The summed E-state index contributed by atoms with van der Waals surface area (Å²) in [5.41, 5.74) is 1.17. The molecule has 1 aromatic rings. The van der Waals surface area contributed by atoms with Gasteiger partial charge in [-0.05, 0) is 24.9 Å². The summed E-state index contributed by atoms with van der Waals surface area (Å²) in [6, 6.07) is 3.93. The van der Waals surface area contributed by atoms with Gasteiger partial charge in [0.15, 0.2) is 0 Å². The van der Waals surface area contributed by atoms with Crippen molar-refractivity contribution in [1.82, 2.24) is 10.3 Å². The average molecular weight is 178 g/mol. The fraction of sp³-hybridized carbons (Fsp3) is 0.500. The number of rotatable bonds is 1. The van der Waals surface area contributed by atoms with E-state index < -0.39 is 0 Å². The van der Waals surface area contributed by atoms with Crippen molar-refractivity contribution in [2.45, 2.75) is 25.3 Å². The van der Waals surface area contributed by atoms with Crippen LogP contribution in [0.5, 0.6) is 0 Å². The Morgan fingerprint density at radius 2 is 2.23 bits per heavy atom. The Labute approximate surface area is 77.2 Å². The van der Waals surface area contributed by atoms with Gasteiger partial charge in [0, 0.05) is 18.3 Å². The smallest absolute Gasteiger partial charge is 0.247 e. The second kappa shape index (κ2) is 3.75. The van der Waals surface area contributed by atoms with E-state index in [-0.39, 0.29) is 5.56 Å². The molecule has 0 radical (unpaired) electrons. The van der Waals surface area contributed by atoms with E-state index in [9.17, 15) is 4.79 Å². The third-order valence-corrected chi connectivity index (χ3v) is 2.52. The summed E-state index contributed by atoms with van der Waals surface area (Å²) < 4.78 is 0. The summed E-state index contributed by atoms with van der Waals surface area (Å²) in [7, 11) is 0. The first-order valence-corrected chi connectivity index (χ1v) is 4.78. The molecule has 1 saturated heterocycles. The lowest BCUT2D eigenvalue weighted by Crippen LogP contribution is -2.27. The van der Waals surface area contributed by atoms with E-state index in [1.807, 2.05) is 12.3 Å². The molecule has 3 heteroatoms. The number of aromatic nitrogens is 1. The number of H-pyrrole nitrogens is 1. The molecular weight excluding hydrogens is 164 g/mol. The van der Waals surface area contributed by atoms with Gasteiger partial charge in [0.1, 0.15) is 0 Å². The Morgan fingerprint density at radius 3 is 2.85 bits per heavy atom. The molecule has 1 atom stereocenters. The molecule has 0 bridgehead atoms. The number of pyridine rings is 1. The lowest BCUT2D eigenvalue weighted by Gasteiger charge is -2.23. The number of nitrogens with one attached hydrogen (secondary N) is 2. The fourth-order valence-electron chi connectivity index (χ4n) is 1.78. The molecule has 13 heavy (non-hydrogen) atoms. The van der Waals surface area contributed by atoms with Crippen molar-refractivity contribution in [3.63, 3.8) is 0 Å². The van der Waals surface area contributed by atoms with Crippen LogP contribution in [0.4, 0.5) is 0 Å². The van der Waals surface area contributed by atoms with Crippen LogP contribution in [0.15, 0.2) is 23.1 Å². The summed E-state index contributed by atoms with van der Waals surface area (Å²) >= 11 is 0. The highest BCUT2D eigenvalue weighted by molar-refractivity contribution is 5.14. The third-order valence-electron chi connectivity index (χ3n) is 2.52. The summed E-state index contributed by atoms with van der Waals surface area (Å²) in [4.78, 5) is 13.5. The Morgan fingerprint density at radius 1 is 1.31 bits per heavy atom. The molecule has 1 aliphatic heterocycles. The van der Waals surface area contributed by atoms with Crippen LogP contribution in [0.2, 0.25) is 0 Å². The molecule has 1 aromatic heterocycles. The Hall–Kier alpha value is -1.09. The van der Waals surface area contributed by atoms with Crippen LogP contribution in [0, 0.1) is 0 Å². The molecule has 2 rings (SSSR count). The van der Waals surface area contributed by atoms with Gasteiger partial charge in [-0.1, -0.05) is 12.5 Å². The first-order valence-electron chi connectivity index (χ1n) is 4.78. The maximum absolute atomic E-state index is 10.8. The second-order valence-corrected chi connectivity index (χ2v) is 3.49. The number of piperidine rings is 1. The van der Waals surface area contributed by atoms with Crippen LogP contribution < -0.4 is 10.9 Å². The van der Waals surface area contributed by atoms with Gasteiger partial charge in [0.05, 0.1) is 0 Å². The van der Waals surface area contributed by atoms with E-state index in [0.29, 0.717) is 6.04 Å². The molecule has 0 aliphatic carbocycles. The second-order valence-electron chi connectivity index (χ2n) is 3.49. The predicted octanol–water partition coefficient (Wildman–Crippen LogP) is 1.19. The zero-order valence-electron chi connectivity index (χ0n) is 7.55. The SMILES string of the molecule is O=c1ccc([C@@H]2CCCCN2)c[nH]1. The maximum Gasteiger partial charge on any atom is 0.247 e. The first-order chi connectivity index (χ1) is 6.36. The summed E-state index contributed by atoms with van der Waals surface area (Å²) in [5, 5.41) is 3.43. The van der Waals surface area contributed by atoms with E-state index in [1.165, 1.54) is 24.8 Å². The number of aromatic amines is 1. The van der Waals surface area contributed by atoms with Crippen LogP contribution in [-0.2, 0) is 0 Å². The minimum atomic E-state index is -0.0282. The minimum absolute atomic E-state index is 0.0282. The topological polar surface area (TPSA) is 44.9 Å². The lowest BCUT2D eigenvalue weighted by molar-refractivity contribution is 0.411. The normalized spacial score (nSPS) is 22.9. The Kier molecular flexibility index (Phi) is 2.45. The monoisotopic (exact) mass is 178 g/mol. The number of hydrogen-bond donors (Lipinski definition) is 2. The van der Waals surface area contributed by atoms with Crippen molar-refractivity contribution in [2.75, 3.05) is 6.54 Å². The molecule has 2 heterocycles. The largest absolute Gasteiger partial charge is 0.329 e. The van der Waals surface area contributed by atoms with E-state index in [0.717, 1.165) is 6.54 Å². The first kappa shape index (κ1) is 8.51. The van der Waals surface area contributed by atoms with E-state index in [2.05, 4.69) is 10.3 Å². The molecule has 0 unspecified atom stereocenters. The molecule has 0 saturated carbocycles. The predicted molar refractivity (Wildman–Crippen MR) is 51.7 cm³/mol. The van der Waals surface area contributed by atoms with Gasteiger partial charge in [0.25, 0.3) is 0 Å². The van der Waals surface area contributed by atoms with Crippen molar-refractivity contribution in [3.05, 3.63) is 34.2 Å². The zero-order valence-corrected chi connectivity index (χ0v) is 7.55. The van der Waals surface area contributed by atoms with Gasteiger partial charge < -0.3 is 10.3 Å².